The number of carbonyl (C=O) groups excluding carboxylic acids is 1. The molecule has 2 aromatic carbocycles. The summed E-state index contributed by atoms with van der Waals surface area (Å²) in [6.45, 7) is 3.59. The van der Waals surface area contributed by atoms with E-state index in [2.05, 4.69) is 5.32 Å². The highest BCUT2D eigenvalue weighted by Gasteiger charge is 2.12. The first-order valence-corrected chi connectivity index (χ1v) is 6.27. The third kappa shape index (κ3) is 2.74. The predicted molar refractivity (Wildman–Crippen MR) is 78.5 cm³/mol. The summed E-state index contributed by atoms with van der Waals surface area (Å²) in [6, 6.07) is 10.5. The van der Waals surface area contributed by atoms with Crippen molar-refractivity contribution in [2.75, 3.05) is 12.4 Å². The topological polar surface area (TPSA) is 58.6 Å². The van der Waals surface area contributed by atoms with E-state index < -0.39 is 0 Å². The van der Waals surface area contributed by atoms with Crippen molar-refractivity contribution in [3.8, 4) is 11.5 Å². The second-order valence-corrected chi connectivity index (χ2v) is 4.61. The summed E-state index contributed by atoms with van der Waals surface area (Å²) in [4.78, 5) is 12.2. The van der Waals surface area contributed by atoms with Crippen LogP contribution in [0.5, 0.6) is 11.5 Å². The third-order valence-electron chi connectivity index (χ3n) is 3.10. The van der Waals surface area contributed by atoms with Crippen molar-refractivity contribution < 1.29 is 14.6 Å². The van der Waals surface area contributed by atoms with Crippen molar-refractivity contribution in [1.29, 1.82) is 0 Å². The molecule has 0 heterocycles. The van der Waals surface area contributed by atoms with E-state index in [1.165, 1.54) is 7.11 Å². The minimum Gasteiger partial charge on any atom is -0.507 e. The zero-order chi connectivity index (χ0) is 14.7. The monoisotopic (exact) mass is 271 g/mol. The molecule has 2 aromatic rings. The fourth-order valence-electron chi connectivity index (χ4n) is 2.06. The van der Waals surface area contributed by atoms with E-state index in [1.54, 1.807) is 44.2 Å². The van der Waals surface area contributed by atoms with Crippen LogP contribution < -0.4 is 10.1 Å². The van der Waals surface area contributed by atoms with Crippen LogP contribution in [-0.4, -0.2) is 18.1 Å². The van der Waals surface area contributed by atoms with Crippen LogP contribution in [0.25, 0.3) is 0 Å². The van der Waals surface area contributed by atoms with E-state index in [1.807, 2.05) is 6.07 Å². The van der Waals surface area contributed by atoms with Crippen molar-refractivity contribution in [2.24, 2.45) is 0 Å². The Bertz CT molecular complexity index is 627. The van der Waals surface area contributed by atoms with Gasteiger partial charge in [-0.05, 0) is 49.2 Å². The zero-order valence-electron chi connectivity index (χ0n) is 11.7. The number of aromatic hydroxyl groups is 1. The van der Waals surface area contributed by atoms with Crippen LogP contribution in [0.2, 0.25) is 0 Å². The third-order valence-corrected chi connectivity index (χ3v) is 3.10. The van der Waals surface area contributed by atoms with Crippen LogP contribution >= 0.6 is 0 Å². The van der Waals surface area contributed by atoms with Crippen molar-refractivity contribution >= 4 is 11.6 Å². The van der Waals surface area contributed by atoms with Crippen LogP contribution in [0.15, 0.2) is 36.4 Å². The first-order valence-electron chi connectivity index (χ1n) is 6.27. The minimum atomic E-state index is -0.244. The van der Waals surface area contributed by atoms with E-state index in [4.69, 9.17) is 4.74 Å². The van der Waals surface area contributed by atoms with Gasteiger partial charge in [0, 0.05) is 5.69 Å². The molecule has 0 radical (unpaired) electrons. The molecule has 0 aliphatic heterocycles. The molecule has 0 spiro atoms. The second kappa shape index (κ2) is 5.65. The number of para-hydroxylation sites is 1. The molecule has 0 aromatic heterocycles. The number of aryl methyl sites for hydroxylation is 2. The average Bonchev–Trinajstić information content (AvgIpc) is 2.44. The van der Waals surface area contributed by atoms with Gasteiger partial charge in [-0.25, -0.2) is 0 Å². The molecular formula is C16H17NO3. The quantitative estimate of drug-likeness (QED) is 0.842. The van der Waals surface area contributed by atoms with Crippen molar-refractivity contribution in [2.45, 2.75) is 13.8 Å². The molecule has 0 aliphatic carbocycles. The number of nitrogens with one attached hydrogen (secondary N) is 1. The number of carbonyl (C=O) groups is 1. The van der Waals surface area contributed by atoms with Crippen LogP contribution in [0.3, 0.4) is 0 Å². The van der Waals surface area contributed by atoms with Gasteiger partial charge < -0.3 is 15.2 Å². The highest BCUT2D eigenvalue weighted by molar-refractivity contribution is 6.06. The standard InChI is InChI=1S/C16H17NO3/c1-10-8-12(9-11(2)15(10)18)17-16(19)13-6-4-5-7-14(13)20-3/h4-9,18H,1-3H3,(H,17,19). The number of anilines is 1. The Morgan fingerprint density at radius 2 is 1.75 bits per heavy atom. The maximum absolute atomic E-state index is 12.2. The first kappa shape index (κ1) is 13.9. The van der Waals surface area contributed by atoms with Gasteiger partial charge in [0.15, 0.2) is 0 Å². The summed E-state index contributed by atoms with van der Waals surface area (Å²) in [6.07, 6.45) is 0. The molecule has 0 saturated heterocycles. The smallest absolute Gasteiger partial charge is 0.259 e. The van der Waals surface area contributed by atoms with Gasteiger partial charge in [-0.1, -0.05) is 12.1 Å². The van der Waals surface area contributed by atoms with Gasteiger partial charge in [0.2, 0.25) is 0 Å². The Morgan fingerprint density at radius 1 is 1.15 bits per heavy atom. The molecule has 2 N–H and O–H groups in total. The number of ether oxygens (including phenoxy) is 1. The van der Waals surface area contributed by atoms with E-state index in [0.717, 1.165) is 11.1 Å². The molecule has 4 nitrogen and oxygen atoms in total. The number of hydrogen-bond donors (Lipinski definition) is 2. The lowest BCUT2D eigenvalue weighted by Crippen LogP contribution is -2.13. The van der Waals surface area contributed by atoms with Gasteiger partial charge in [0.05, 0.1) is 12.7 Å². The Kier molecular flexibility index (Phi) is 3.94. The van der Waals surface area contributed by atoms with Crippen LogP contribution in [0.4, 0.5) is 5.69 Å². The van der Waals surface area contributed by atoms with E-state index in [-0.39, 0.29) is 11.7 Å². The summed E-state index contributed by atoms with van der Waals surface area (Å²) in [5.41, 5.74) is 2.56. The normalized spacial score (nSPS) is 10.2. The molecule has 0 aliphatic rings. The second-order valence-electron chi connectivity index (χ2n) is 4.61. The van der Waals surface area contributed by atoms with Crippen molar-refractivity contribution in [3.05, 3.63) is 53.1 Å². The lowest BCUT2D eigenvalue weighted by atomic mass is 10.1. The molecule has 1 amide bonds. The molecule has 104 valence electrons. The molecule has 2 rings (SSSR count). The van der Waals surface area contributed by atoms with Crippen molar-refractivity contribution in [3.63, 3.8) is 0 Å². The number of phenols is 1. The Labute approximate surface area is 118 Å². The summed E-state index contributed by atoms with van der Waals surface area (Å²) < 4.78 is 5.17. The van der Waals surface area contributed by atoms with Crippen LogP contribution in [0, 0.1) is 13.8 Å². The predicted octanol–water partition coefficient (Wildman–Crippen LogP) is 3.27. The highest BCUT2D eigenvalue weighted by Crippen LogP contribution is 2.26. The van der Waals surface area contributed by atoms with Crippen molar-refractivity contribution in [1.82, 2.24) is 0 Å². The van der Waals surface area contributed by atoms with Gasteiger partial charge in [0.1, 0.15) is 11.5 Å². The number of hydrogen-bond acceptors (Lipinski definition) is 3. The Morgan fingerprint density at radius 3 is 2.35 bits per heavy atom. The van der Waals surface area contributed by atoms with Gasteiger partial charge in [-0.3, -0.25) is 4.79 Å². The first-order chi connectivity index (χ1) is 9.52. The van der Waals surface area contributed by atoms with Gasteiger partial charge >= 0.3 is 0 Å². The van der Waals surface area contributed by atoms with Gasteiger partial charge in [0.25, 0.3) is 5.91 Å². The molecule has 4 heteroatoms. The maximum atomic E-state index is 12.2. The summed E-state index contributed by atoms with van der Waals surface area (Å²) in [5, 5.41) is 12.5. The summed E-state index contributed by atoms with van der Waals surface area (Å²) in [7, 11) is 1.53. The summed E-state index contributed by atoms with van der Waals surface area (Å²) >= 11 is 0. The molecule has 0 fully saturated rings. The highest BCUT2D eigenvalue weighted by atomic mass is 16.5. The molecule has 0 bridgehead atoms. The molecular weight excluding hydrogens is 254 g/mol. The average molecular weight is 271 g/mol. The minimum absolute atomic E-state index is 0.244. The largest absolute Gasteiger partial charge is 0.507 e. The SMILES string of the molecule is COc1ccccc1C(=O)Nc1cc(C)c(O)c(C)c1. The zero-order valence-corrected chi connectivity index (χ0v) is 11.7. The lowest BCUT2D eigenvalue weighted by molar-refractivity contribution is 0.102. The number of benzene rings is 2. The molecule has 20 heavy (non-hydrogen) atoms. The summed E-state index contributed by atoms with van der Waals surface area (Å²) in [5.74, 6) is 0.532. The van der Waals surface area contributed by atoms with Gasteiger partial charge in [-0.2, -0.15) is 0 Å². The van der Waals surface area contributed by atoms with E-state index in [9.17, 15) is 9.90 Å². The van der Waals surface area contributed by atoms with E-state index >= 15 is 0 Å². The van der Waals surface area contributed by atoms with Crippen LogP contribution in [0.1, 0.15) is 21.5 Å². The molecule has 0 atom stereocenters. The number of methoxy groups -OCH3 is 1. The maximum Gasteiger partial charge on any atom is 0.259 e. The van der Waals surface area contributed by atoms with Crippen LogP contribution in [-0.2, 0) is 0 Å². The fraction of sp³-hybridized carbons (Fsp3) is 0.188. The number of rotatable bonds is 3. The molecule has 0 saturated carbocycles. The number of phenolic OH excluding ortho intramolecular Hbond substituents is 1. The van der Waals surface area contributed by atoms with Gasteiger partial charge in [-0.15, -0.1) is 0 Å². The Balaban J connectivity index is 2.28. The lowest BCUT2D eigenvalue weighted by Gasteiger charge is -2.11. The number of amides is 1. The van der Waals surface area contributed by atoms with E-state index in [0.29, 0.717) is 17.0 Å². The fourth-order valence-corrected chi connectivity index (χ4v) is 2.06. The Hall–Kier alpha value is -2.49. The molecule has 0 unspecified atom stereocenters.